The molecule has 1 amide bonds. The van der Waals surface area contributed by atoms with Crippen LogP contribution in [-0.2, 0) is 21.4 Å². The fourth-order valence-electron chi connectivity index (χ4n) is 2.83. The number of carbonyl (C=O) groups excluding carboxylic acids is 1. The van der Waals surface area contributed by atoms with E-state index in [0.717, 1.165) is 24.0 Å². The van der Waals surface area contributed by atoms with Gasteiger partial charge in [0.2, 0.25) is 15.9 Å². The Balaban J connectivity index is 1.94. The zero-order chi connectivity index (χ0) is 16.3. The average molecular weight is 324 g/mol. The summed E-state index contributed by atoms with van der Waals surface area (Å²) in [6.07, 6.45) is 2.67. The Hall–Kier alpha value is -1.40. The molecule has 1 aromatic carbocycles. The Morgan fingerprint density at radius 1 is 1.36 bits per heavy atom. The molecule has 0 radical (unpaired) electrons. The minimum atomic E-state index is -3.22. The van der Waals surface area contributed by atoms with Gasteiger partial charge in [-0.1, -0.05) is 23.8 Å². The smallest absolute Gasteiger partial charge is 0.224 e. The third-order valence-corrected chi connectivity index (χ3v) is 5.44. The maximum absolute atomic E-state index is 12.3. The molecular weight excluding hydrogens is 300 g/mol. The second-order valence-corrected chi connectivity index (χ2v) is 8.09. The van der Waals surface area contributed by atoms with Gasteiger partial charge in [0.25, 0.3) is 0 Å². The molecule has 122 valence electrons. The minimum Gasteiger partial charge on any atom is -0.352 e. The van der Waals surface area contributed by atoms with Crippen molar-refractivity contribution < 1.29 is 13.2 Å². The number of sulfonamides is 1. The van der Waals surface area contributed by atoms with E-state index in [-0.39, 0.29) is 18.4 Å². The van der Waals surface area contributed by atoms with Crippen molar-refractivity contribution in [1.82, 2.24) is 9.62 Å². The van der Waals surface area contributed by atoms with Crippen LogP contribution in [0.3, 0.4) is 0 Å². The third-order valence-electron chi connectivity index (χ3n) is 4.18. The van der Waals surface area contributed by atoms with E-state index >= 15 is 0 Å². The Bertz CT molecular complexity index is 655. The predicted octanol–water partition coefficient (Wildman–Crippen LogP) is 1.59. The number of benzene rings is 1. The Labute approximate surface area is 132 Å². The van der Waals surface area contributed by atoms with E-state index in [1.807, 2.05) is 26.0 Å². The highest BCUT2D eigenvalue weighted by Crippen LogP contribution is 2.19. The lowest BCUT2D eigenvalue weighted by Crippen LogP contribution is -2.44. The van der Waals surface area contributed by atoms with Crippen LogP contribution in [0.25, 0.3) is 0 Å². The zero-order valence-electron chi connectivity index (χ0n) is 13.4. The summed E-state index contributed by atoms with van der Waals surface area (Å²) in [5.74, 6) is -0.317. The molecule has 0 saturated carbocycles. The molecule has 1 atom stereocenters. The highest BCUT2D eigenvalue weighted by molar-refractivity contribution is 7.88. The van der Waals surface area contributed by atoms with Gasteiger partial charge in [-0.05, 0) is 37.8 Å². The first kappa shape index (κ1) is 17.0. The summed E-state index contributed by atoms with van der Waals surface area (Å²) in [6.45, 7) is 5.36. The standard InChI is InChI=1S/C16H24N2O3S/c1-12-6-7-14(13(2)9-12)10-17-16(19)15-5-4-8-18(11-15)22(3,20)21/h6-7,9,15H,4-5,8,10-11H2,1-3H3,(H,17,19). The molecule has 0 bridgehead atoms. The summed E-state index contributed by atoms with van der Waals surface area (Å²) in [7, 11) is -3.22. The molecule has 1 N–H and O–H groups in total. The topological polar surface area (TPSA) is 66.5 Å². The van der Waals surface area contributed by atoms with Crippen LogP contribution in [0.4, 0.5) is 0 Å². The van der Waals surface area contributed by atoms with Gasteiger partial charge in [-0.3, -0.25) is 4.79 Å². The second kappa shape index (κ2) is 6.79. The largest absolute Gasteiger partial charge is 0.352 e. The Kier molecular flexibility index (Phi) is 5.24. The number of carbonyl (C=O) groups is 1. The summed E-state index contributed by atoms with van der Waals surface area (Å²) in [6, 6.07) is 6.14. The van der Waals surface area contributed by atoms with Gasteiger partial charge >= 0.3 is 0 Å². The Morgan fingerprint density at radius 2 is 2.09 bits per heavy atom. The highest BCUT2D eigenvalue weighted by atomic mass is 32.2. The molecule has 0 spiro atoms. The normalized spacial score (nSPS) is 19.9. The molecule has 1 unspecified atom stereocenters. The number of nitrogens with one attached hydrogen (secondary N) is 1. The first-order chi connectivity index (χ1) is 10.3. The van der Waals surface area contributed by atoms with Crippen molar-refractivity contribution in [1.29, 1.82) is 0 Å². The van der Waals surface area contributed by atoms with E-state index in [1.54, 1.807) is 0 Å². The maximum atomic E-state index is 12.3. The first-order valence-corrected chi connectivity index (χ1v) is 9.41. The van der Waals surface area contributed by atoms with Crippen LogP contribution < -0.4 is 5.32 Å². The number of amides is 1. The minimum absolute atomic E-state index is 0.0617. The molecule has 1 fully saturated rings. The maximum Gasteiger partial charge on any atom is 0.224 e. The quantitative estimate of drug-likeness (QED) is 0.914. The molecule has 2 rings (SSSR count). The number of aryl methyl sites for hydroxylation is 2. The van der Waals surface area contributed by atoms with Gasteiger partial charge in [0.05, 0.1) is 12.2 Å². The number of piperidine rings is 1. The van der Waals surface area contributed by atoms with Crippen molar-refractivity contribution in [3.63, 3.8) is 0 Å². The van der Waals surface area contributed by atoms with Gasteiger partial charge in [0.15, 0.2) is 0 Å². The Morgan fingerprint density at radius 3 is 2.73 bits per heavy atom. The van der Waals surface area contributed by atoms with Crippen LogP contribution in [0, 0.1) is 19.8 Å². The summed E-state index contributed by atoms with van der Waals surface area (Å²) in [4.78, 5) is 12.3. The fourth-order valence-corrected chi connectivity index (χ4v) is 3.74. The van der Waals surface area contributed by atoms with Crippen molar-refractivity contribution in [3.05, 3.63) is 34.9 Å². The molecule has 1 saturated heterocycles. The van der Waals surface area contributed by atoms with Crippen molar-refractivity contribution in [3.8, 4) is 0 Å². The molecule has 1 heterocycles. The lowest BCUT2D eigenvalue weighted by molar-refractivity contribution is -0.126. The SMILES string of the molecule is Cc1ccc(CNC(=O)C2CCCN(S(C)(=O)=O)C2)c(C)c1. The molecular formula is C16H24N2O3S. The van der Waals surface area contributed by atoms with Crippen LogP contribution in [0.2, 0.25) is 0 Å². The van der Waals surface area contributed by atoms with Crippen LogP contribution in [0.5, 0.6) is 0 Å². The van der Waals surface area contributed by atoms with Crippen molar-refractivity contribution >= 4 is 15.9 Å². The van der Waals surface area contributed by atoms with E-state index in [1.165, 1.54) is 16.1 Å². The van der Waals surface area contributed by atoms with Crippen LogP contribution in [-0.4, -0.2) is 38.0 Å². The number of nitrogens with zero attached hydrogens (tertiary/aromatic N) is 1. The number of hydrogen-bond donors (Lipinski definition) is 1. The second-order valence-electron chi connectivity index (χ2n) is 6.11. The van der Waals surface area contributed by atoms with Gasteiger partial charge in [-0.15, -0.1) is 0 Å². The van der Waals surface area contributed by atoms with Crippen LogP contribution >= 0.6 is 0 Å². The van der Waals surface area contributed by atoms with Gasteiger partial charge in [0, 0.05) is 19.6 Å². The number of hydrogen-bond acceptors (Lipinski definition) is 3. The molecule has 1 aliphatic rings. The van der Waals surface area contributed by atoms with Crippen LogP contribution in [0.1, 0.15) is 29.5 Å². The number of rotatable bonds is 4. The molecule has 1 aliphatic heterocycles. The zero-order valence-corrected chi connectivity index (χ0v) is 14.2. The van der Waals surface area contributed by atoms with E-state index in [4.69, 9.17) is 0 Å². The fraction of sp³-hybridized carbons (Fsp3) is 0.562. The lowest BCUT2D eigenvalue weighted by atomic mass is 9.98. The van der Waals surface area contributed by atoms with Gasteiger partial charge in [0.1, 0.15) is 0 Å². The summed E-state index contributed by atoms with van der Waals surface area (Å²) in [5, 5.41) is 2.94. The van der Waals surface area contributed by atoms with Gasteiger partial charge in [-0.25, -0.2) is 12.7 Å². The monoisotopic (exact) mass is 324 g/mol. The summed E-state index contributed by atoms with van der Waals surface area (Å²) >= 11 is 0. The molecule has 6 heteroatoms. The van der Waals surface area contributed by atoms with E-state index in [2.05, 4.69) is 11.4 Å². The molecule has 0 aliphatic carbocycles. The summed E-state index contributed by atoms with van der Waals surface area (Å²) in [5.41, 5.74) is 3.44. The van der Waals surface area contributed by atoms with Crippen molar-refractivity contribution in [2.75, 3.05) is 19.3 Å². The van der Waals surface area contributed by atoms with Crippen molar-refractivity contribution in [2.45, 2.75) is 33.2 Å². The van der Waals surface area contributed by atoms with E-state index in [0.29, 0.717) is 13.1 Å². The molecule has 22 heavy (non-hydrogen) atoms. The summed E-state index contributed by atoms with van der Waals surface area (Å²) < 4.78 is 24.6. The lowest BCUT2D eigenvalue weighted by Gasteiger charge is -2.30. The molecule has 1 aromatic rings. The first-order valence-electron chi connectivity index (χ1n) is 7.56. The average Bonchev–Trinajstić information content (AvgIpc) is 2.45. The predicted molar refractivity (Wildman–Crippen MR) is 86.9 cm³/mol. The molecule has 5 nitrogen and oxygen atoms in total. The third kappa shape index (κ3) is 4.30. The highest BCUT2D eigenvalue weighted by Gasteiger charge is 2.29. The molecule has 0 aromatic heterocycles. The van der Waals surface area contributed by atoms with Crippen molar-refractivity contribution in [2.24, 2.45) is 5.92 Å². The van der Waals surface area contributed by atoms with E-state index in [9.17, 15) is 13.2 Å². The van der Waals surface area contributed by atoms with Crippen LogP contribution in [0.15, 0.2) is 18.2 Å². The van der Waals surface area contributed by atoms with Gasteiger partial charge < -0.3 is 5.32 Å². The van der Waals surface area contributed by atoms with E-state index < -0.39 is 10.0 Å². The van der Waals surface area contributed by atoms with Gasteiger partial charge in [-0.2, -0.15) is 0 Å².